The minimum Gasteiger partial charge on any atom is -0.478 e. The first kappa shape index (κ1) is 25.3. The molecule has 11 heteroatoms. The predicted molar refractivity (Wildman–Crippen MR) is 134 cm³/mol. The molecule has 0 aliphatic heterocycles. The molecule has 0 spiro atoms. The van der Waals surface area contributed by atoms with Crippen LogP contribution >= 0.6 is 0 Å². The molecule has 1 N–H and O–H groups in total. The van der Waals surface area contributed by atoms with Gasteiger partial charge in [-0.1, -0.05) is 24.3 Å². The number of halogens is 3. The van der Waals surface area contributed by atoms with Crippen molar-refractivity contribution in [3.63, 3.8) is 0 Å². The molecule has 0 unspecified atom stereocenters. The van der Waals surface area contributed by atoms with Crippen LogP contribution in [0.5, 0.6) is 0 Å². The molecule has 7 nitrogen and oxygen atoms in total. The van der Waals surface area contributed by atoms with Crippen molar-refractivity contribution in [2.45, 2.75) is 17.5 Å². The first-order valence-corrected chi connectivity index (χ1v) is 12.8. The van der Waals surface area contributed by atoms with Gasteiger partial charge in [-0.2, -0.15) is 18.3 Å². The summed E-state index contributed by atoms with van der Waals surface area (Å²) in [4.78, 5) is 11.1. The molecule has 0 fully saturated rings. The smallest absolute Gasteiger partial charge is 0.416 e. The van der Waals surface area contributed by atoms with E-state index < -0.39 is 27.7 Å². The summed E-state index contributed by atoms with van der Waals surface area (Å²) in [5.41, 5.74) is 1.21. The number of aromatic nitrogens is 3. The molecule has 2 heterocycles. The van der Waals surface area contributed by atoms with E-state index in [0.29, 0.717) is 16.8 Å². The van der Waals surface area contributed by atoms with E-state index in [1.807, 2.05) is 0 Å². The van der Waals surface area contributed by atoms with Gasteiger partial charge in [0.25, 0.3) is 10.0 Å². The summed E-state index contributed by atoms with van der Waals surface area (Å²) in [5.74, 6) is -1.11. The maximum atomic E-state index is 14.0. The average Bonchev–Trinajstić information content (AvgIpc) is 3.47. The Labute approximate surface area is 215 Å². The number of carboxylic acid groups (broad SMARTS) is 1. The van der Waals surface area contributed by atoms with Gasteiger partial charge < -0.3 is 5.11 Å². The molecule has 0 amide bonds. The van der Waals surface area contributed by atoms with Gasteiger partial charge in [-0.3, -0.25) is 4.68 Å². The first-order chi connectivity index (χ1) is 17.9. The monoisotopic (exact) mass is 539 g/mol. The van der Waals surface area contributed by atoms with E-state index in [9.17, 15) is 26.4 Å². The standard InChI is InChI=1S/C27H20F3N3O4S/c1-32-12-11-24(31-32)19-3-2-4-23(16-19)38(36,37)33-22(13-17-5-7-18(8-6-17)26(34)35)15-20-14-21(27(28,29)30)9-10-25(20)33/h2-12,14-16H,13H2,1H3,(H,34,35). The maximum Gasteiger partial charge on any atom is 0.416 e. The molecule has 0 saturated carbocycles. The number of aryl methyl sites for hydroxylation is 1. The number of carbonyl (C=O) groups is 1. The molecule has 194 valence electrons. The lowest BCUT2D eigenvalue weighted by Crippen LogP contribution is -2.16. The maximum absolute atomic E-state index is 14.0. The van der Waals surface area contributed by atoms with E-state index in [-0.39, 0.29) is 33.5 Å². The summed E-state index contributed by atoms with van der Waals surface area (Å²) in [6.45, 7) is 0. The fourth-order valence-electron chi connectivity index (χ4n) is 4.30. The average molecular weight is 540 g/mol. The van der Waals surface area contributed by atoms with Gasteiger partial charge in [0.1, 0.15) is 0 Å². The number of rotatable bonds is 6. The Hall–Kier alpha value is -4.38. The normalized spacial score (nSPS) is 12.2. The number of hydrogen-bond donors (Lipinski definition) is 1. The molecule has 0 saturated heterocycles. The predicted octanol–water partition coefficient (Wildman–Crippen LogP) is 5.59. The first-order valence-electron chi connectivity index (χ1n) is 11.3. The molecule has 2 aromatic heterocycles. The topological polar surface area (TPSA) is 94.2 Å². The van der Waals surface area contributed by atoms with Crippen molar-refractivity contribution in [2.75, 3.05) is 0 Å². The second kappa shape index (κ2) is 9.18. The second-order valence-electron chi connectivity index (χ2n) is 8.76. The summed E-state index contributed by atoms with van der Waals surface area (Å²) in [5, 5.41) is 13.6. The number of carboxylic acids is 1. The molecule has 5 aromatic rings. The molecule has 0 aliphatic rings. The van der Waals surface area contributed by atoms with Crippen molar-refractivity contribution in [3.05, 3.63) is 107 Å². The van der Waals surface area contributed by atoms with Gasteiger partial charge in [-0.15, -0.1) is 0 Å². The summed E-state index contributed by atoms with van der Waals surface area (Å²) < 4.78 is 70.8. The van der Waals surface area contributed by atoms with Crippen LogP contribution in [0.3, 0.4) is 0 Å². The van der Waals surface area contributed by atoms with Crippen LogP contribution in [0.2, 0.25) is 0 Å². The third kappa shape index (κ3) is 4.68. The van der Waals surface area contributed by atoms with Gasteiger partial charge in [-0.25, -0.2) is 17.2 Å². The molecular weight excluding hydrogens is 519 g/mol. The van der Waals surface area contributed by atoms with Gasteiger partial charge in [0.15, 0.2) is 0 Å². The van der Waals surface area contributed by atoms with Crippen molar-refractivity contribution in [1.82, 2.24) is 13.8 Å². The van der Waals surface area contributed by atoms with Crippen LogP contribution < -0.4 is 0 Å². The number of benzene rings is 3. The zero-order chi connectivity index (χ0) is 27.2. The third-order valence-corrected chi connectivity index (χ3v) is 7.89. The van der Waals surface area contributed by atoms with E-state index in [0.717, 1.165) is 22.2 Å². The zero-order valence-corrected chi connectivity index (χ0v) is 20.7. The van der Waals surface area contributed by atoms with Gasteiger partial charge in [0, 0.05) is 36.3 Å². The molecule has 3 aromatic carbocycles. The molecular formula is C27H20F3N3O4S. The lowest BCUT2D eigenvalue weighted by molar-refractivity contribution is -0.137. The van der Waals surface area contributed by atoms with E-state index in [1.54, 1.807) is 48.3 Å². The molecule has 0 aliphatic carbocycles. The number of aromatic carboxylic acids is 1. The zero-order valence-electron chi connectivity index (χ0n) is 19.8. The summed E-state index contributed by atoms with van der Waals surface area (Å²) in [6.07, 6.45) is -2.84. The number of fused-ring (bicyclic) bond motifs is 1. The summed E-state index contributed by atoms with van der Waals surface area (Å²) >= 11 is 0. The summed E-state index contributed by atoms with van der Waals surface area (Å²) in [7, 11) is -2.52. The quantitative estimate of drug-likeness (QED) is 0.304. The van der Waals surface area contributed by atoms with E-state index in [2.05, 4.69) is 5.10 Å². The molecule has 38 heavy (non-hydrogen) atoms. The SMILES string of the molecule is Cn1ccc(-c2cccc(S(=O)(=O)n3c(Cc4ccc(C(=O)O)cc4)cc4cc(C(F)(F)F)ccc43)c2)n1. The van der Waals surface area contributed by atoms with E-state index >= 15 is 0 Å². The lowest BCUT2D eigenvalue weighted by Gasteiger charge is -2.14. The van der Waals surface area contributed by atoms with Crippen molar-refractivity contribution in [1.29, 1.82) is 0 Å². The fraction of sp³-hybridized carbons (Fsp3) is 0.111. The van der Waals surface area contributed by atoms with Gasteiger partial charge in [-0.05, 0) is 60.2 Å². The highest BCUT2D eigenvalue weighted by Gasteiger charge is 2.32. The number of nitrogens with zero attached hydrogens (tertiary/aromatic N) is 3. The van der Waals surface area contributed by atoms with Gasteiger partial charge in [0.2, 0.25) is 0 Å². The summed E-state index contributed by atoms with van der Waals surface area (Å²) in [6, 6.07) is 18.1. The third-order valence-electron chi connectivity index (χ3n) is 6.12. The number of alkyl halides is 3. The van der Waals surface area contributed by atoms with Crippen molar-refractivity contribution >= 4 is 26.9 Å². The molecule has 0 atom stereocenters. The van der Waals surface area contributed by atoms with Crippen molar-refractivity contribution in [2.24, 2.45) is 7.05 Å². The van der Waals surface area contributed by atoms with Crippen LogP contribution in [0.15, 0.2) is 90.0 Å². The Balaban J connectivity index is 1.67. The Morgan fingerprint density at radius 1 is 0.974 bits per heavy atom. The second-order valence-corrected chi connectivity index (χ2v) is 10.5. The van der Waals surface area contributed by atoms with Crippen LogP contribution in [0.25, 0.3) is 22.2 Å². The minimum atomic E-state index is -4.60. The van der Waals surface area contributed by atoms with Crippen LogP contribution in [0, 0.1) is 0 Å². The molecule has 5 rings (SSSR count). The minimum absolute atomic E-state index is 0.0368. The van der Waals surface area contributed by atoms with Crippen LogP contribution in [0.1, 0.15) is 27.2 Å². The highest BCUT2D eigenvalue weighted by atomic mass is 32.2. The van der Waals surface area contributed by atoms with E-state index in [4.69, 9.17) is 5.11 Å². The van der Waals surface area contributed by atoms with Crippen LogP contribution in [-0.2, 0) is 29.7 Å². The Bertz CT molecular complexity index is 1790. The highest BCUT2D eigenvalue weighted by molar-refractivity contribution is 7.90. The van der Waals surface area contributed by atoms with Crippen LogP contribution in [-0.4, -0.2) is 33.2 Å². The Kier molecular flexibility index (Phi) is 6.10. The van der Waals surface area contributed by atoms with Crippen molar-refractivity contribution in [3.8, 4) is 11.3 Å². The van der Waals surface area contributed by atoms with Gasteiger partial charge >= 0.3 is 12.1 Å². The fourth-order valence-corrected chi connectivity index (χ4v) is 5.88. The Morgan fingerprint density at radius 2 is 1.71 bits per heavy atom. The van der Waals surface area contributed by atoms with Crippen LogP contribution in [0.4, 0.5) is 13.2 Å². The van der Waals surface area contributed by atoms with E-state index in [1.165, 1.54) is 30.3 Å². The van der Waals surface area contributed by atoms with Gasteiger partial charge in [0.05, 0.1) is 27.2 Å². The lowest BCUT2D eigenvalue weighted by atomic mass is 10.1. The largest absolute Gasteiger partial charge is 0.478 e. The molecule has 0 bridgehead atoms. The number of hydrogen-bond acceptors (Lipinski definition) is 4. The Morgan fingerprint density at radius 3 is 2.34 bits per heavy atom. The van der Waals surface area contributed by atoms with Crippen molar-refractivity contribution < 1.29 is 31.5 Å². The molecule has 0 radical (unpaired) electrons. The highest BCUT2D eigenvalue weighted by Crippen LogP contribution is 2.35.